The summed E-state index contributed by atoms with van der Waals surface area (Å²) in [6.07, 6.45) is 4.76. The van der Waals surface area contributed by atoms with Crippen molar-refractivity contribution in [3.63, 3.8) is 0 Å². The number of rotatable bonds is 10. The first kappa shape index (κ1) is 17.6. The Labute approximate surface area is 118 Å². The number of unbranched alkanes of at least 4 members (excludes halogenated alkanes) is 2. The standard InChI is InChI=1S/C13H30N4S/c1-16(2)11-7-5-9-14-13(18)15-10-6-8-12-17(3)4/h5-12H2,1-4H3,(H2,14,15,18). The van der Waals surface area contributed by atoms with Crippen molar-refractivity contribution in [1.82, 2.24) is 20.4 Å². The number of nitrogens with one attached hydrogen (secondary N) is 2. The second-order valence-corrected chi connectivity index (χ2v) is 5.61. The average Bonchev–Trinajstić information content (AvgIpc) is 2.27. The lowest BCUT2D eigenvalue weighted by Crippen LogP contribution is -2.36. The van der Waals surface area contributed by atoms with Crippen molar-refractivity contribution in [1.29, 1.82) is 0 Å². The Balaban J connectivity index is 3.22. The van der Waals surface area contributed by atoms with Crippen molar-refractivity contribution < 1.29 is 0 Å². The molecule has 0 unspecified atom stereocenters. The predicted octanol–water partition coefficient (Wildman–Crippen LogP) is 1.13. The van der Waals surface area contributed by atoms with Gasteiger partial charge in [-0.05, 0) is 79.2 Å². The highest BCUT2D eigenvalue weighted by Gasteiger charge is 1.96. The molecular formula is C13H30N4S. The molecule has 0 aliphatic rings. The van der Waals surface area contributed by atoms with E-state index < -0.39 is 0 Å². The van der Waals surface area contributed by atoms with Gasteiger partial charge in [0.1, 0.15) is 0 Å². The maximum absolute atomic E-state index is 5.21. The summed E-state index contributed by atoms with van der Waals surface area (Å²) >= 11 is 5.21. The van der Waals surface area contributed by atoms with Gasteiger partial charge in [-0.15, -0.1) is 0 Å². The smallest absolute Gasteiger partial charge is 0.166 e. The normalized spacial score (nSPS) is 11.0. The molecule has 0 amide bonds. The number of hydrogen-bond donors (Lipinski definition) is 2. The summed E-state index contributed by atoms with van der Waals surface area (Å²) in [5, 5.41) is 7.29. The molecule has 0 bridgehead atoms. The summed E-state index contributed by atoms with van der Waals surface area (Å²) in [4.78, 5) is 4.42. The molecule has 0 aromatic rings. The van der Waals surface area contributed by atoms with Gasteiger partial charge in [-0.3, -0.25) is 0 Å². The van der Waals surface area contributed by atoms with E-state index in [0.717, 1.165) is 31.3 Å². The van der Waals surface area contributed by atoms with Gasteiger partial charge < -0.3 is 20.4 Å². The van der Waals surface area contributed by atoms with E-state index in [-0.39, 0.29) is 0 Å². The third-order valence-corrected chi connectivity index (χ3v) is 2.92. The van der Waals surface area contributed by atoms with Crippen molar-refractivity contribution in [2.45, 2.75) is 25.7 Å². The van der Waals surface area contributed by atoms with Crippen molar-refractivity contribution >= 4 is 17.3 Å². The third-order valence-electron chi connectivity index (χ3n) is 2.64. The van der Waals surface area contributed by atoms with E-state index in [1.807, 2.05) is 0 Å². The van der Waals surface area contributed by atoms with Gasteiger partial charge in [-0.2, -0.15) is 0 Å². The molecule has 0 atom stereocenters. The molecule has 0 saturated heterocycles. The second kappa shape index (κ2) is 11.7. The van der Waals surface area contributed by atoms with Crippen LogP contribution in [0.5, 0.6) is 0 Å². The molecule has 0 radical (unpaired) electrons. The van der Waals surface area contributed by atoms with Crippen LogP contribution < -0.4 is 10.6 Å². The summed E-state index contributed by atoms with van der Waals surface area (Å²) in [7, 11) is 8.42. The molecular weight excluding hydrogens is 244 g/mol. The Morgan fingerprint density at radius 1 is 0.778 bits per heavy atom. The molecule has 0 fully saturated rings. The molecule has 108 valence electrons. The third kappa shape index (κ3) is 13.7. The molecule has 0 saturated carbocycles. The van der Waals surface area contributed by atoms with E-state index in [2.05, 4.69) is 48.6 Å². The summed E-state index contributed by atoms with van der Waals surface area (Å²) in [5.41, 5.74) is 0. The van der Waals surface area contributed by atoms with E-state index in [1.54, 1.807) is 0 Å². The maximum Gasteiger partial charge on any atom is 0.166 e. The zero-order valence-electron chi connectivity index (χ0n) is 12.5. The van der Waals surface area contributed by atoms with Crippen LogP contribution in [0.15, 0.2) is 0 Å². The summed E-state index contributed by atoms with van der Waals surface area (Å²) in [6.45, 7) is 4.23. The van der Waals surface area contributed by atoms with Crippen LogP contribution in [0.2, 0.25) is 0 Å². The van der Waals surface area contributed by atoms with Crippen molar-refractivity contribution in [2.24, 2.45) is 0 Å². The Morgan fingerprint density at radius 3 is 1.50 bits per heavy atom. The summed E-state index contributed by atoms with van der Waals surface area (Å²) < 4.78 is 0. The lowest BCUT2D eigenvalue weighted by atomic mass is 10.3. The van der Waals surface area contributed by atoms with Gasteiger partial charge in [0.2, 0.25) is 0 Å². The molecule has 0 spiro atoms. The number of hydrogen-bond acceptors (Lipinski definition) is 3. The maximum atomic E-state index is 5.21. The topological polar surface area (TPSA) is 30.5 Å². The fraction of sp³-hybridized carbons (Fsp3) is 0.923. The first-order valence-electron chi connectivity index (χ1n) is 6.83. The highest BCUT2D eigenvalue weighted by molar-refractivity contribution is 7.80. The molecule has 18 heavy (non-hydrogen) atoms. The van der Waals surface area contributed by atoms with Gasteiger partial charge in [0.25, 0.3) is 0 Å². The van der Waals surface area contributed by atoms with Gasteiger partial charge in [-0.25, -0.2) is 0 Å². The van der Waals surface area contributed by atoms with E-state index in [4.69, 9.17) is 12.2 Å². The quantitative estimate of drug-likeness (QED) is 0.461. The lowest BCUT2D eigenvalue weighted by molar-refractivity contribution is 0.393. The summed E-state index contributed by atoms with van der Waals surface area (Å²) in [6, 6.07) is 0. The van der Waals surface area contributed by atoms with E-state index in [0.29, 0.717) is 0 Å². The van der Waals surface area contributed by atoms with Gasteiger partial charge in [-0.1, -0.05) is 0 Å². The van der Waals surface area contributed by atoms with Crippen LogP contribution in [0.25, 0.3) is 0 Å². The van der Waals surface area contributed by atoms with Crippen molar-refractivity contribution in [2.75, 3.05) is 54.4 Å². The van der Waals surface area contributed by atoms with E-state index in [1.165, 1.54) is 25.7 Å². The minimum absolute atomic E-state index is 0.796. The van der Waals surface area contributed by atoms with E-state index in [9.17, 15) is 0 Å². The highest BCUT2D eigenvalue weighted by Crippen LogP contribution is 1.90. The molecule has 0 aromatic heterocycles. The van der Waals surface area contributed by atoms with Gasteiger partial charge in [0, 0.05) is 13.1 Å². The fourth-order valence-electron chi connectivity index (χ4n) is 1.57. The number of nitrogens with zero attached hydrogens (tertiary/aromatic N) is 2. The lowest BCUT2D eigenvalue weighted by Gasteiger charge is -2.12. The molecule has 4 nitrogen and oxygen atoms in total. The van der Waals surface area contributed by atoms with Crippen LogP contribution in [-0.2, 0) is 0 Å². The Bertz CT molecular complexity index is 187. The first-order chi connectivity index (χ1) is 8.52. The fourth-order valence-corrected chi connectivity index (χ4v) is 1.78. The van der Waals surface area contributed by atoms with Crippen LogP contribution in [-0.4, -0.2) is 69.3 Å². The monoisotopic (exact) mass is 274 g/mol. The Kier molecular flexibility index (Phi) is 11.4. The van der Waals surface area contributed by atoms with E-state index >= 15 is 0 Å². The SMILES string of the molecule is CN(C)CCCCNC(=S)NCCCCN(C)C. The first-order valence-corrected chi connectivity index (χ1v) is 7.24. The Hall–Kier alpha value is -0.390. The summed E-state index contributed by atoms with van der Waals surface area (Å²) in [5.74, 6) is 0. The molecule has 0 aliphatic carbocycles. The molecule has 2 N–H and O–H groups in total. The Morgan fingerprint density at radius 2 is 1.17 bits per heavy atom. The van der Waals surface area contributed by atoms with Crippen molar-refractivity contribution in [3.05, 3.63) is 0 Å². The largest absolute Gasteiger partial charge is 0.363 e. The van der Waals surface area contributed by atoms with Crippen LogP contribution in [0.4, 0.5) is 0 Å². The minimum Gasteiger partial charge on any atom is -0.363 e. The molecule has 0 rings (SSSR count). The zero-order valence-corrected chi connectivity index (χ0v) is 13.3. The van der Waals surface area contributed by atoms with Crippen molar-refractivity contribution in [3.8, 4) is 0 Å². The van der Waals surface area contributed by atoms with Crippen LogP contribution in [0, 0.1) is 0 Å². The minimum atomic E-state index is 0.796. The molecule has 5 heteroatoms. The van der Waals surface area contributed by atoms with Gasteiger partial charge >= 0.3 is 0 Å². The van der Waals surface area contributed by atoms with Crippen LogP contribution in [0.1, 0.15) is 25.7 Å². The average molecular weight is 274 g/mol. The predicted molar refractivity (Wildman–Crippen MR) is 84.2 cm³/mol. The molecule has 0 heterocycles. The second-order valence-electron chi connectivity index (χ2n) is 5.20. The molecule has 0 aromatic carbocycles. The molecule has 0 aliphatic heterocycles. The highest BCUT2D eigenvalue weighted by atomic mass is 32.1. The van der Waals surface area contributed by atoms with Crippen LogP contribution >= 0.6 is 12.2 Å². The van der Waals surface area contributed by atoms with Gasteiger partial charge in [0.05, 0.1) is 0 Å². The van der Waals surface area contributed by atoms with Crippen LogP contribution in [0.3, 0.4) is 0 Å². The zero-order chi connectivity index (χ0) is 13.8. The number of thiocarbonyl (C=S) groups is 1. The van der Waals surface area contributed by atoms with Gasteiger partial charge in [0.15, 0.2) is 5.11 Å².